The van der Waals surface area contributed by atoms with Gasteiger partial charge < -0.3 is 43.6 Å². The number of rotatable bonds is 22. The highest BCUT2D eigenvalue weighted by atomic mass is 16.7. The van der Waals surface area contributed by atoms with Crippen LogP contribution in [-0.4, -0.2) is 65.2 Å². The number of aliphatic hydroxyl groups excluding tert-OH is 2. The van der Waals surface area contributed by atoms with E-state index in [0.717, 1.165) is 89.4 Å². The van der Waals surface area contributed by atoms with E-state index < -0.39 is 17.7 Å². The van der Waals surface area contributed by atoms with Gasteiger partial charge in [0.05, 0.1) is 18.2 Å². The molecule has 10 rings (SSSR count). The first-order chi connectivity index (χ1) is 34.9. The number of allylic oxidation sites excluding steroid dienone is 1. The Morgan fingerprint density at radius 1 is 0.789 bits per heavy atom. The molecule has 0 radical (unpaired) electrons. The molecule has 372 valence electrons. The molecular weight excluding hydrogens is 893 g/mol. The summed E-state index contributed by atoms with van der Waals surface area (Å²) in [6.07, 6.45) is 15.0. The summed E-state index contributed by atoms with van der Waals surface area (Å²) in [6, 6.07) is 35.8. The minimum atomic E-state index is -1.40. The predicted octanol–water partition coefficient (Wildman–Crippen LogP) is 12.2. The largest absolute Gasteiger partial charge is 0.459 e. The van der Waals surface area contributed by atoms with E-state index in [0.29, 0.717) is 54.6 Å². The van der Waals surface area contributed by atoms with E-state index in [1.165, 1.54) is 12.8 Å². The van der Waals surface area contributed by atoms with E-state index in [1.54, 1.807) is 6.08 Å². The minimum absolute atomic E-state index is 0.0281. The molecule has 5 aromatic carbocycles. The third kappa shape index (κ3) is 10.6. The molecule has 11 nitrogen and oxygen atoms in total. The maximum Gasteiger partial charge on any atom is 0.239 e. The fraction of sp³-hybridized carbons (Fsp3) is 0.433. The number of amides is 1. The van der Waals surface area contributed by atoms with Crippen molar-refractivity contribution in [1.29, 1.82) is 0 Å². The normalized spacial score (nSPS) is 23.7. The molecule has 5 aliphatic rings. The zero-order valence-corrected chi connectivity index (χ0v) is 40.8. The van der Waals surface area contributed by atoms with Crippen LogP contribution in [0.2, 0.25) is 0 Å². The van der Waals surface area contributed by atoms with Crippen molar-refractivity contribution in [3.63, 3.8) is 0 Å². The predicted molar refractivity (Wildman–Crippen MR) is 275 cm³/mol. The summed E-state index contributed by atoms with van der Waals surface area (Å²) in [5.74, 6) is 2.04. The van der Waals surface area contributed by atoms with Gasteiger partial charge in [-0.3, -0.25) is 4.79 Å². The number of ether oxygens (including phenoxy) is 5. The van der Waals surface area contributed by atoms with Gasteiger partial charge in [0.2, 0.25) is 18.5 Å². The first kappa shape index (κ1) is 48.5. The van der Waals surface area contributed by atoms with Crippen molar-refractivity contribution in [3.8, 4) is 28.7 Å². The molecule has 2 aliphatic heterocycles. The van der Waals surface area contributed by atoms with Gasteiger partial charge in [0.1, 0.15) is 29.9 Å². The Labute approximate surface area is 418 Å². The van der Waals surface area contributed by atoms with Gasteiger partial charge in [0, 0.05) is 44.1 Å². The van der Waals surface area contributed by atoms with Crippen LogP contribution in [0.5, 0.6) is 28.7 Å². The van der Waals surface area contributed by atoms with Gasteiger partial charge in [-0.1, -0.05) is 123 Å². The number of hydrogen-bond donors (Lipinski definition) is 2. The highest BCUT2D eigenvalue weighted by Gasteiger charge is 2.65. The molecule has 2 saturated carbocycles. The van der Waals surface area contributed by atoms with Gasteiger partial charge in [-0.05, 0) is 120 Å². The molecule has 0 spiro atoms. The van der Waals surface area contributed by atoms with Crippen molar-refractivity contribution < 1.29 is 43.5 Å². The zero-order chi connectivity index (χ0) is 48.6. The van der Waals surface area contributed by atoms with Gasteiger partial charge in [-0.15, -0.1) is 6.58 Å². The van der Waals surface area contributed by atoms with Crippen LogP contribution in [-0.2, 0) is 27.5 Å². The minimum Gasteiger partial charge on any atom is -0.459 e. The lowest BCUT2D eigenvalue weighted by atomic mass is 9.55. The molecule has 0 bridgehead atoms. The van der Waals surface area contributed by atoms with Crippen molar-refractivity contribution in [1.82, 2.24) is 4.90 Å². The molecule has 5 aromatic rings. The number of unbranched alkanes of at least 4 members (excludes halogenated alkanes) is 2. The highest BCUT2D eigenvalue weighted by Crippen LogP contribution is 2.62. The Balaban J connectivity index is 1.14. The van der Waals surface area contributed by atoms with E-state index in [1.807, 2.05) is 83.8 Å². The molecule has 0 aromatic heterocycles. The highest BCUT2D eigenvalue weighted by molar-refractivity contribution is 6.03. The Morgan fingerprint density at radius 3 is 2.35 bits per heavy atom. The number of fused-ring (bicyclic) bond motifs is 4. The molecule has 1 amide bonds. The second-order valence-electron chi connectivity index (χ2n) is 20.0. The third-order valence-corrected chi connectivity index (χ3v) is 15.6. The molecule has 0 saturated heterocycles. The van der Waals surface area contributed by atoms with E-state index in [4.69, 9.17) is 33.7 Å². The topological polar surface area (TPSA) is 129 Å². The summed E-state index contributed by atoms with van der Waals surface area (Å²) in [7, 11) is 0. The van der Waals surface area contributed by atoms with E-state index in [-0.39, 0.29) is 63.4 Å². The molecular formula is C60H68N2O9. The molecule has 6 atom stereocenters. The van der Waals surface area contributed by atoms with Crippen LogP contribution >= 0.6 is 0 Å². The summed E-state index contributed by atoms with van der Waals surface area (Å²) >= 11 is 0. The molecule has 71 heavy (non-hydrogen) atoms. The summed E-state index contributed by atoms with van der Waals surface area (Å²) < 4.78 is 33.3. The van der Waals surface area contributed by atoms with Crippen LogP contribution in [0.3, 0.4) is 0 Å². The molecule has 11 heteroatoms. The number of hydrogen-bond acceptors (Lipinski definition) is 10. The lowest BCUT2D eigenvalue weighted by Crippen LogP contribution is -2.70. The molecule has 2 N–H and O–H groups in total. The smallest absolute Gasteiger partial charge is 0.239 e. The van der Waals surface area contributed by atoms with E-state index in [9.17, 15) is 10.2 Å². The van der Waals surface area contributed by atoms with Gasteiger partial charge in [0.25, 0.3) is 0 Å². The van der Waals surface area contributed by atoms with Crippen LogP contribution in [0, 0.1) is 23.7 Å². The molecule has 2 fully saturated rings. The molecule has 2 heterocycles. The van der Waals surface area contributed by atoms with Crippen LogP contribution in [0.1, 0.15) is 106 Å². The van der Waals surface area contributed by atoms with Crippen molar-refractivity contribution in [2.24, 2.45) is 28.8 Å². The summed E-state index contributed by atoms with van der Waals surface area (Å²) in [5, 5.41) is 27.5. The third-order valence-electron chi connectivity index (χ3n) is 15.6. The van der Waals surface area contributed by atoms with Gasteiger partial charge >= 0.3 is 0 Å². The number of aliphatic hydroxyl groups is 2. The van der Waals surface area contributed by atoms with Crippen molar-refractivity contribution in [2.45, 2.75) is 114 Å². The monoisotopic (exact) mass is 960 g/mol. The lowest BCUT2D eigenvalue weighted by Gasteiger charge is -2.60. The second-order valence-corrected chi connectivity index (χ2v) is 20.0. The molecule has 3 aliphatic carbocycles. The summed E-state index contributed by atoms with van der Waals surface area (Å²) in [5.41, 5.74) is 4.64. The Morgan fingerprint density at radius 2 is 1.54 bits per heavy atom. The summed E-state index contributed by atoms with van der Waals surface area (Å²) in [4.78, 5) is 23.8. The first-order valence-electron chi connectivity index (χ1n) is 26.0. The van der Waals surface area contributed by atoms with Crippen molar-refractivity contribution in [2.75, 3.05) is 26.6 Å². The number of benzene rings is 5. The van der Waals surface area contributed by atoms with Crippen LogP contribution < -0.4 is 18.9 Å². The van der Waals surface area contributed by atoms with Gasteiger partial charge in [-0.25, -0.2) is 0 Å². The van der Waals surface area contributed by atoms with Crippen molar-refractivity contribution in [3.05, 3.63) is 150 Å². The Kier molecular flexibility index (Phi) is 15.4. The molecule has 6 unspecified atom stereocenters. The SMILES string of the molecule is C=CCOC12Oc3ccc(Oc4ccc5ccccc5c4)cc3C3C(CCCCO)C(CCCCO)C=C(C(=NOCc4ccccc4)CC1N(Cc1ccc4c(c1)OCO4)C(=O)CCC1CCCC1)C32. The average molecular weight is 961 g/mol. The number of carbonyl (C=O) groups is 1. The second kappa shape index (κ2) is 22.5. The van der Waals surface area contributed by atoms with Gasteiger partial charge in [0.15, 0.2) is 11.5 Å². The van der Waals surface area contributed by atoms with E-state index in [2.05, 4.69) is 43.0 Å². The fourth-order valence-electron chi connectivity index (χ4n) is 12.2. The van der Waals surface area contributed by atoms with Crippen LogP contribution in [0.25, 0.3) is 10.8 Å². The first-order valence-corrected chi connectivity index (χ1v) is 26.0. The van der Waals surface area contributed by atoms with Crippen LogP contribution in [0.4, 0.5) is 0 Å². The lowest BCUT2D eigenvalue weighted by molar-refractivity contribution is -0.258. The standard InChI is InChI=1S/C60H68N2O9/c1-2-32-68-60-56(62(57(65)29-23-41-14-6-7-15-41)38-43-22-27-54-55(33-43)67-40-66-54)37-52(61-69-39-42-16-4-3-5-17-42)50-35-46(20-10-12-30-63)49(21-11-13-31-64)58(59(50)60)51-36-48(26-28-53(51)71-60)70-47-25-24-44-18-8-9-19-45(44)34-47/h2-5,8-9,16-19,22,24-28,33-36,41,46,49,56,58-59,63-64H,1,6-7,10-15,20-21,23,29-32,37-40H2. The number of nitrogens with zero attached hydrogens (tertiary/aromatic N) is 2. The van der Waals surface area contributed by atoms with E-state index >= 15 is 4.79 Å². The maximum atomic E-state index is 15.5. The quantitative estimate of drug-likeness (QED) is 0.0396. The summed E-state index contributed by atoms with van der Waals surface area (Å²) in [6.45, 7) is 5.22. The van der Waals surface area contributed by atoms with Crippen LogP contribution in [0.15, 0.2) is 139 Å². The van der Waals surface area contributed by atoms with Gasteiger partial charge in [-0.2, -0.15) is 0 Å². The number of carbonyl (C=O) groups excluding carboxylic acids is 1. The Hall–Kier alpha value is -6.14. The fourth-order valence-corrected chi connectivity index (χ4v) is 12.2. The van der Waals surface area contributed by atoms with Crippen molar-refractivity contribution >= 4 is 22.4 Å². The zero-order valence-electron chi connectivity index (χ0n) is 40.8. The maximum absolute atomic E-state index is 15.5. The number of oxime groups is 1. The Bertz CT molecular complexity index is 2700. The average Bonchev–Trinajstić information content (AvgIpc) is 4.11.